The molecule has 0 bridgehead atoms. The first kappa shape index (κ1) is 13.9. The van der Waals surface area contributed by atoms with E-state index in [0.29, 0.717) is 25.2 Å². The van der Waals surface area contributed by atoms with E-state index < -0.39 is 28.9 Å². The molecule has 1 aliphatic rings. The van der Waals surface area contributed by atoms with E-state index in [1.807, 2.05) is 0 Å². The molecule has 104 valence electrons. The summed E-state index contributed by atoms with van der Waals surface area (Å²) in [7, 11) is 1.75. The van der Waals surface area contributed by atoms with Crippen molar-refractivity contribution in [3.63, 3.8) is 0 Å². The van der Waals surface area contributed by atoms with Crippen molar-refractivity contribution in [3.8, 4) is 0 Å². The van der Waals surface area contributed by atoms with Crippen LogP contribution in [0.5, 0.6) is 0 Å². The zero-order valence-electron chi connectivity index (χ0n) is 10.5. The van der Waals surface area contributed by atoms with Crippen LogP contribution in [0.25, 0.3) is 0 Å². The number of hydrogen-bond donors (Lipinski definition) is 1. The molecule has 0 aromatic heterocycles. The lowest BCUT2D eigenvalue weighted by molar-refractivity contribution is 0.0727. The maximum Gasteiger partial charge on any atom is 0.260 e. The summed E-state index contributed by atoms with van der Waals surface area (Å²) in [5, 5.41) is 2.94. The van der Waals surface area contributed by atoms with E-state index >= 15 is 0 Å². The van der Waals surface area contributed by atoms with Crippen molar-refractivity contribution in [2.24, 2.45) is 0 Å². The highest BCUT2D eigenvalue weighted by Gasteiger charge is 2.32. The number of rotatable bonds is 3. The molecule has 0 aliphatic carbocycles. The average Bonchev–Trinajstić information content (AvgIpc) is 2.76. The molecule has 3 nitrogen and oxygen atoms in total. The maximum atomic E-state index is 13.6. The summed E-state index contributed by atoms with van der Waals surface area (Å²) < 4.78 is 40.0. The molecule has 0 spiro atoms. The van der Waals surface area contributed by atoms with Crippen molar-refractivity contribution in [2.45, 2.75) is 18.9 Å². The molecule has 0 radical (unpaired) electrons. The van der Waals surface area contributed by atoms with Gasteiger partial charge in [-0.25, -0.2) is 13.2 Å². The normalized spacial score (nSPS) is 18.9. The minimum Gasteiger partial charge on any atom is -0.334 e. The lowest BCUT2D eigenvalue weighted by atomic mass is 10.1. The molecule has 1 atom stereocenters. The first-order chi connectivity index (χ1) is 9.04. The van der Waals surface area contributed by atoms with Crippen LogP contribution >= 0.6 is 0 Å². The largest absolute Gasteiger partial charge is 0.334 e. The van der Waals surface area contributed by atoms with Crippen LogP contribution in [0.2, 0.25) is 0 Å². The molecule has 6 heteroatoms. The number of benzene rings is 1. The molecule has 0 saturated carbocycles. The summed E-state index contributed by atoms with van der Waals surface area (Å²) >= 11 is 0. The van der Waals surface area contributed by atoms with Gasteiger partial charge in [0.15, 0.2) is 0 Å². The monoisotopic (exact) mass is 272 g/mol. The molecule has 19 heavy (non-hydrogen) atoms. The molecule has 1 fully saturated rings. The molecule has 1 amide bonds. The minimum absolute atomic E-state index is 0.0821. The minimum atomic E-state index is -1.15. The topological polar surface area (TPSA) is 32.3 Å². The Labute approximate surface area is 109 Å². The van der Waals surface area contributed by atoms with Gasteiger partial charge in [0.05, 0.1) is 0 Å². The van der Waals surface area contributed by atoms with E-state index in [0.717, 1.165) is 12.8 Å². The van der Waals surface area contributed by atoms with Gasteiger partial charge in [0.25, 0.3) is 5.91 Å². The third kappa shape index (κ3) is 2.73. The van der Waals surface area contributed by atoms with Crippen molar-refractivity contribution in [1.82, 2.24) is 10.2 Å². The Hall–Kier alpha value is -1.56. The molecule has 1 heterocycles. The predicted molar refractivity (Wildman–Crippen MR) is 64.3 cm³/mol. The highest BCUT2D eigenvalue weighted by Crippen LogP contribution is 2.23. The van der Waals surface area contributed by atoms with Crippen LogP contribution in [0, 0.1) is 17.5 Å². The number of likely N-dealkylation sites (tertiary alicyclic amines) is 1. The average molecular weight is 272 g/mol. The van der Waals surface area contributed by atoms with E-state index in [2.05, 4.69) is 5.32 Å². The smallest absolute Gasteiger partial charge is 0.260 e. The van der Waals surface area contributed by atoms with Gasteiger partial charge >= 0.3 is 0 Å². The van der Waals surface area contributed by atoms with Crippen LogP contribution in [0.1, 0.15) is 23.2 Å². The summed E-state index contributed by atoms with van der Waals surface area (Å²) in [6, 6.07) is 0.972. The Bertz CT molecular complexity index is 470. The number of amides is 1. The van der Waals surface area contributed by atoms with Gasteiger partial charge < -0.3 is 10.2 Å². The lowest BCUT2D eigenvalue weighted by Gasteiger charge is -2.24. The summed E-state index contributed by atoms with van der Waals surface area (Å²) in [5.41, 5.74) is -0.676. The molecule has 1 aliphatic heterocycles. The fourth-order valence-electron chi connectivity index (χ4n) is 2.44. The lowest BCUT2D eigenvalue weighted by Crippen LogP contribution is -2.41. The van der Waals surface area contributed by atoms with Crippen LogP contribution in [-0.4, -0.2) is 37.0 Å². The molecular weight excluding hydrogens is 257 g/mol. The molecular formula is C13H15F3N2O. The second-order valence-corrected chi connectivity index (χ2v) is 4.60. The van der Waals surface area contributed by atoms with E-state index in [9.17, 15) is 18.0 Å². The number of carbonyl (C=O) groups excluding carboxylic acids is 1. The Kier molecular flexibility index (Phi) is 4.09. The van der Waals surface area contributed by atoms with Crippen LogP contribution < -0.4 is 5.32 Å². The molecule has 1 N–H and O–H groups in total. The number of likely N-dealkylation sites (N-methyl/N-ethyl adjacent to an activating group) is 1. The van der Waals surface area contributed by atoms with Gasteiger partial charge in [-0.15, -0.1) is 0 Å². The molecule has 1 saturated heterocycles. The maximum absolute atomic E-state index is 13.6. The van der Waals surface area contributed by atoms with Crippen LogP contribution in [0.15, 0.2) is 12.1 Å². The van der Waals surface area contributed by atoms with Gasteiger partial charge in [-0.1, -0.05) is 0 Å². The van der Waals surface area contributed by atoms with Crippen LogP contribution in [0.4, 0.5) is 13.2 Å². The summed E-state index contributed by atoms with van der Waals surface area (Å²) in [5.74, 6) is -4.05. The van der Waals surface area contributed by atoms with Gasteiger partial charge in [0, 0.05) is 31.3 Å². The number of halogens is 3. The number of nitrogens with one attached hydrogen (secondary N) is 1. The SMILES string of the molecule is CNCC1CCCN1C(=O)c1c(F)cc(F)cc1F. The van der Waals surface area contributed by atoms with Gasteiger partial charge in [-0.05, 0) is 19.9 Å². The Morgan fingerprint density at radius 3 is 2.58 bits per heavy atom. The van der Waals surface area contributed by atoms with Crippen LogP contribution in [-0.2, 0) is 0 Å². The summed E-state index contributed by atoms with van der Waals surface area (Å²) in [4.78, 5) is 13.6. The summed E-state index contributed by atoms with van der Waals surface area (Å²) in [6.45, 7) is 1.03. The standard InChI is InChI=1S/C13H15F3N2O/c1-17-7-9-3-2-4-18(9)13(19)12-10(15)5-8(14)6-11(12)16/h5-6,9,17H,2-4,7H2,1H3. The highest BCUT2D eigenvalue weighted by atomic mass is 19.1. The number of hydrogen-bond acceptors (Lipinski definition) is 2. The Balaban J connectivity index is 2.29. The molecule has 2 rings (SSSR count). The van der Waals surface area contributed by atoms with E-state index in [-0.39, 0.29) is 6.04 Å². The fraction of sp³-hybridized carbons (Fsp3) is 0.462. The Morgan fingerprint density at radius 1 is 1.37 bits per heavy atom. The van der Waals surface area contributed by atoms with Crippen molar-refractivity contribution >= 4 is 5.91 Å². The molecule has 1 unspecified atom stereocenters. The van der Waals surface area contributed by atoms with Crippen molar-refractivity contribution in [1.29, 1.82) is 0 Å². The van der Waals surface area contributed by atoms with E-state index in [1.54, 1.807) is 7.05 Å². The number of nitrogens with zero attached hydrogens (tertiary/aromatic N) is 1. The second kappa shape index (κ2) is 5.61. The van der Waals surface area contributed by atoms with Crippen molar-refractivity contribution in [2.75, 3.05) is 20.1 Å². The fourth-order valence-corrected chi connectivity index (χ4v) is 2.44. The van der Waals surface area contributed by atoms with E-state index in [4.69, 9.17) is 0 Å². The van der Waals surface area contributed by atoms with Gasteiger partial charge in [-0.2, -0.15) is 0 Å². The predicted octanol–water partition coefficient (Wildman–Crippen LogP) is 1.93. The van der Waals surface area contributed by atoms with Gasteiger partial charge in [-0.3, -0.25) is 4.79 Å². The quantitative estimate of drug-likeness (QED) is 0.912. The zero-order valence-corrected chi connectivity index (χ0v) is 10.5. The first-order valence-corrected chi connectivity index (χ1v) is 6.14. The zero-order chi connectivity index (χ0) is 14.0. The van der Waals surface area contributed by atoms with E-state index in [1.165, 1.54) is 4.90 Å². The van der Waals surface area contributed by atoms with Gasteiger partial charge in [0.2, 0.25) is 0 Å². The molecule has 1 aromatic carbocycles. The summed E-state index contributed by atoms with van der Waals surface area (Å²) in [6.07, 6.45) is 1.58. The van der Waals surface area contributed by atoms with Gasteiger partial charge in [0.1, 0.15) is 23.0 Å². The third-order valence-electron chi connectivity index (χ3n) is 3.30. The van der Waals surface area contributed by atoms with Crippen molar-refractivity contribution < 1.29 is 18.0 Å². The van der Waals surface area contributed by atoms with Crippen LogP contribution in [0.3, 0.4) is 0 Å². The Morgan fingerprint density at radius 2 is 2.00 bits per heavy atom. The first-order valence-electron chi connectivity index (χ1n) is 6.14. The number of carbonyl (C=O) groups is 1. The second-order valence-electron chi connectivity index (χ2n) is 4.60. The third-order valence-corrected chi connectivity index (χ3v) is 3.30. The van der Waals surface area contributed by atoms with Crippen molar-refractivity contribution in [3.05, 3.63) is 35.1 Å². The molecule has 1 aromatic rings. The highest BCUT2D eigenvalue weighted by molar-refractivity contribution is 5.95.